The van der Waals surface area contributed by atoms with Crippen LogP contribution in [-0.4, -0.2) is 77.2 Å². The first-order chi connectivity index (χ1) is 11.5. The summed E-state index contributed by atoms with van der Waals surface area (Å²) in [6, 6.07) is 0.272. The third-order valence-corrected chi connectivity index (χ3v) is 6.45. The average Bonchev–Trinajstić information content (AvgIpc) is 2.58. The number of carbonyl (C=O) groups excluding carboxylic acids is 1. The number of carbonyl (C=O) groups is 1. The number of aliphatic imine (C=N–C) groups is 1. The number of hydrogen-bond donors (Lipinski definition) is 2. The molecule has 0 aliphatic heterocycles. The Morgan fingerprint density at radius 1 is 1.36 bits per heavy atom. The molecule has 0 heterocycles. The largest absolute Gasteiger partial charge is 0.356 e. The van der Waals surface area contributed by atoms with Crippen molar-refractivity contribution in [2.24, 2.45) is 4.99 Å². The fourth-order valence-corrected chi connectivity index (χ4v) is 4.31. The number of thioether (sulfide) groups is 1. The third kappa shape index (κ3) is 10.0. The first kappa shape index (κ1) is 25.0. The molecule has 1 aliphatic rings. The highest BCUT2D eigenvalue weighted by molar-refractivity contribution is 14.0. The fraction of sp³-hybridized carbons (Fsp3) is 0.875. The number of halogens is 1. The van der Waals surface area contributed by atoms with Gasteiger partial charge in [0, 0.05) is 54.2 Å². The number of likely N-dealkylation sites (N-methyl/N-ethyl adjacent to an activating group) is 1. The van der Waals surface area contributed by atoms with E-state index in [0.29, 0.717) is 5.96 Å². The molecule has 1 aliphatic carbocycles. The van der Waals surface area contributed by atoms with Crippen molar-refractivity contribution in [1.82, 2.24) is 15.5 Å². The Balaban J connectivity index is 0.00000576. The van der Waals surface area contributed by atoms with Gasteiger partial charge >= 0.3 is 0 Å². The molecule has 3 atom stereocenters. The molecule has 1 saturated carbocycles. The van der Waals surface area contributed by atoms with Gasteiger partial charge in [0.15, 0.2) is 5.96 Å². The third-order valence-electron chi connectivity index (χ3n) is 4.09. The van der Waals surface area contributed by atoms with E-state index in [0.717, 1.165) is 43.7 Å². The van der Waals surface area contributed by atoms with Gasteiger partial charge in [-0.15, -0.1) is 24.0 Å². The zero-order valence-electron chi connectivity index (χ0n) is 15.7. The second kappa shape index (κ2) is 14.1. The minimum Gasteiger partial charge on any atom is -0.356 e. The zero-order chi connectivity index (χ0) is 17.9. The molecule has 25 heavy (non-hydrogen) atoms. The predicted molar refractivity (Wildman–Crippen MR) is 121 cm³/mol. The standard InChI is InChI=1S/C16H32N4O2S2.HI/c1-5-24(22)14-8-6-7-13(11-14)19-16(17-9-10-23-4)18-12-15(21)20(2)3;/h13-14H,5-12H2,1-4H3,(H2,17,18,19);1H. The summed E-state index contributed by atoms with van der Waals surface area (Å²) in [5, 5.41) is 7.01. The van der Waals surface area contributed by atoms with Gasteiger partial charge in [-0.1, -0.05) is 13.3 Å². The summed E-state index contributed by atoms with van der Waals surface area (Å²) >= 11 is 1.77. The van der Waals surface area contributed by atoms with Crippen LogP contribution in [0.25, 0.3) is 0 Å². The minimum atomic E-state index is -0.737. The summed E-state index contributed by atoms with van der Waals surface area (Å²) in [6.45, 7) is 2.93. The van der Waals surface area contributed by atoms with E-state index in [1.807, 2.05) is 6.92 Å². The molecule has 9 heteroatoms. The number of hydrogen-bond acceptors (Lipinski definition) is 4. The van der Waals surface area contributed by atoms with Gasteiger partial charge < -0.3 is 15.5 Å². The molecule has 0 radical (unpaired) electrons. The molecular formula is C16H33IN4O2S2. The lowest BCUT2D eigenvalue weighted by molar-refractivity contribution is -0.127. The quantitative estimate of drug-likeness (QED) is 0.228. The van der Waals surface area contributed by atoms with Crippen molar-refractivity contribution >= 4 is 58.4 Å². The van der Waals surface area contributed by atoms with Crippen LogP contribution < -0.4 is 10.6 Å². The van der Waals surface area contributed by atoms with Crippen LogP contribution in [0.1, 0.15) is 32.6 Å². The monoisotopic (exact) mass is 504 g/mol. The summed E-state index contributed by atoms with van der Waals surface area (Å²) in [7, 11) is 2.73. The van der Waals surface area contributed by atoms with Crippen molar-refractivity contribution in [2.75, 3.05) is 44.9 Å². The molecule has 1 rings (SSSR count). The van der Waals surface area contributed by atoms with Crippen molar-refractivity contribution in [3.05, 3.63) is 0 Å². The van der Waals surface area contributed by atoms with Crippen molar-refractivity contribution in [1.29, 1.82) is 0 Å². The Morgan fingerprint density at radius 2 is 2.08 bits per heavy atom. The number of guanidine groups is 1. The van der Waals surface area contributed by atoms with Crippen molar-refractivity contribution < 1.29 is 9.00 Å². The van der Waals surface area contributed by atoms with Crippen LogP contribution in [-0.2, 0) is 15.6 Å². The number of nitrogens with one attached hydrogen (secondary N) is 2. The van der Waals surface area contributed by atoms with Gasteiger partial charge in [0.25, 0.3) is 0 Å². The molecular weight excluding hydrogens is 471 g/mol. The van der Waals surface area contributed by atoms with Gasteiger partial charge in [-0.2, -0.15) is 11.8 Å². The Morgan fingerprint density at radius 3 is 2.68 bits per heavy atom. The summed E-state index contributed by atoms with van der Waals surface area (Å²) < 4.78 is 12.1. The van der Waals surface area contributed by atoms with Crippen molar-refractivity contribution in [3.63, 3.8) is 0 Å². The van der Waals surface area contributed by atoms with E-state index in [1.54, 1.807) is 30.8 Å². The van der Waals surface area contributed by atoms with E-state index < -0.39 is 10.8 Å². The zero-order valence-corrected chi connectivity index (χ0v) is 19.7. The highest BCUT2D eigenvalue weighted by atomic mass is 127. The molecule has 0 bridgehead atoms. The van der Waals surface area contributed by atoms with Gasteiger partial charge in [0.05, 0.1) is 0 Å². The number of amides is 1. The Hall–Kier alpha value is -0.0300. The average molecular weight is 505 g/mol. The lowest BCUT2D eigenvalue weighted by Gasteiger charge is -2.30. The molecule has 0 aromatic carbocycles. The number of nitrogens with zero attached hydrogens (tertiary/aromatic N) is 2. The molecule has 6 nitrogen and oxygen atoms in total. The first-order valence-corrected chi connectivity index (χ1v) is 11.4. The fourth-order valence-electron chi connectivity index (χ4n) is 2.66. The van der Waals surface area contributed by atoms with Gasteiger partial charge in [-0.25, -0.2) is 4.99 Å². The molecule has 1 fully saturated rings. The molecule has 148 valence electrons. The smallest absolute Gasteiger partial charge is 0.243 e. The topological polar surface area (TPSA) is 73.8 Å². The van der Waals surface area contributed by atoms with Crippen LogP contribution in [0, 0.1) is 0 Å². The molecule has 2 N–H and O–H groups in total. The van der Waals surface area contributed by atoms with Gasteiger partial charge in [-0.3, -0.25) is 9.00 Å². The van der Waals surface area contributed by atoms with Crippen LogP contribution in [0.2, 0.25) is 0 Å². The van der Waals surface area contributed by atoms with Crippen LogP contribution >= 0.6 is 35.7 Å². The summed E-state index contributed by atoms with van der Waals surface area (Å²) in [4.78, 5) is 17.7. The van der Waals surface area contributed by atoms with E-state index in [-0.39, 0.29) is 47.7 Å². The lowest BCUT2D eigenvalue weighted by atomic mass is 9.95. The van der Waals surface area contributed by atoms with Crippen molar-refractivity contribution in [2.45, 2.75) is 43.9 Å². The maximum absolute atomic E-state index is 12.1. The van der Waals surface area contributed by atoms with E-state index in [9.17, 15) is 9.00 Å². The predicted octanol–water partition coefficient (Wildman–Crippen LogP) is 1.67. The van der Waals surface area contributed by atoms with E-state index >= 15 is 0 Å². The van der Waals surface area contributed by atoms with Crippen LogP contribution in [0.4, 0.5) is 0 Å². The van der Waals surface area contributed by atoms with E-state index in [4.69, 9.17) is 0 Å². The summed E-state index contributed by atoms with van der Waals surface area (Å²) in [5.41, 5.74) is 0. The van der Waals surface area contributed by atoms with Crippen molar-refractivity contribution in [3.8, 4) is 0 Å². The molecule has 0 saturated heterocycles. The Bertz CT molecular complexity index is 450. The van der Waals surface area contributed by atoms with Gasteiger partial charge in [0.1, 0.15) is 6.54 Å². The SMILES string of the molecule is CCS(=O)C1CCCC(NC(=NCC(=O)N(C)C)NCCSC)C1.I. The summed E-state index contributed by atoms with van der Waals surface area (Å²) in [5.74, 6) is 2.37. The van der Waals surface area contributed by atoms with E-state index in [2.05, 4.69) is 21.9 Å². The minimum absolute atomic E-state index is 0. The summed E-state index contributed by atoms with van der Waals surface area (Å²) in [6.07, 6.45) is 6.16. The van der Waals surface area contributed by atoms with Crippen LogP contribution in [0.15, 0.2) is 4.99 Å². The Kier molecular flexibility index (Phi) is 14.1. The normalized spacial score (nSPS) is 21.8. The van der Waals surface area contributed by atoms with Gasteiger partial charge in [0.2, 0.25) is 5.91 Å². The lowest BCUT2D eigenvalue weighted by Crippen LogP contribution is -2.47. The van der Waals surface area contributed by atoms with Crippen LogP contribution in [0.5, 0.6) is 0 Å². The molecule has 0 aromatic heterocycles. The second-order valence-electron chi connectivity index (χ2n) is 6.17. The molecule has 1 amide bonds. The maximum Gasteiger partial charge on any atom is 0.243 e. The highest BCUT2D eigenvalue weighted by Gasteiger charge is 2.26. The second-order valence-corrected chi connectivity index (χ2v) is 9.16. The van der Waals surface area contributed by atoms with E-state index in [1.165, 1.54) is 0 Å². The van der Waals surface area contributed by atoms with Gasteiger partial charge in [-0.05, 0) is 25.5 Å². The van der Waals surface area contributed by atoms with Crippen LogP contribution in [0.3, 0.4) is 0 Å². The molecule has 0 aromatic rings. The molecule has 0 spiro atoms. The Labute approximate surface area is 176 Å². The molecule has 3 unspecified atom stereocenters. The highest BCUT2D eigenvalue weighted by Crippen LogP contribution is 2.22. The number of rotatable bonds is 8. The first-order valence-electron chi connectivity index (χ1n) is 8.59. The maximum atomic E-state index is 12.1.